The third-order valence-corrected chi connectivity index (χ3v) is 4.00. The van der Waals surface area contributed by atoms with Crippen molar-refractivity contribution in [2.75, 3.05) is 13.7 Å². The molecule has 0 aliphatic rings. The van der Waals surface area contributed by atoms with Crippen LogP contribution in [0, 0.1) is 6.92 Å². The number of carbonyl (C=O) groups excluding carboxylic acids is 1. The molecule has 3 rings (SSSR count). The highest BCUT2D eigenvalue weighted by Gasteiger charge is 2.07. The van der Waals surface area contributed by atoms with E-state index in [1.54, 1.807) is 25.3 Å². The number of aryl methyl sites for hydroxylation is 1. The first-order chi connectivity index (χ1) is 12.5. The van der Waals surface area contributed by atoms with E-state index in [0.717, 1.165) is 10.9 Å². The van der Waals surface area contributed by atoms with E-state index < -0.39 is 0 Å². The summed E-state index contributed by atoms with van der Waals surface area (Å²) in [5.41, 5.74) is 2.07. The van der Waals surface area contributed by atoms with Crippen LogP contribution >= 0.6 is 0 Å². The molecule has 0 saturated carbocycles. The van der Waals surface area contributed by atoms with Crippen molar-refractivity contribution in [2.45, 2.75) is 13.5 Å². The molecule has 1 heterocycles. The van der Waals surface area contributed by atoms with E-state index in [-0.39, 0.29) is 24.6 Å². The molecule has 1 aromatic heterocycles. The van der Waals surface area contributed by atoms with Gasteiger partial charge in [0.15, 0.2) is 6.61 Å². The molecule has 2 N–H and O–H groups in total. The lowest BCUT2D eigenvalue weighted by molar-refractivity contribution is -0.123. The van der Waals surface area contributed by atoms with Gasteiger partial charge in [-0.25, -0.2) is 0 Å². The predicted octanol–water partition coefficient (Wildman–Crippen LogP) is 2.54. The first kappa shape index (κ1) is 17.5. The summed E-state index contributed by atoms with van der Waals surface area (Å²) in [6, 6.07) is 14.6. The fourth-order valence-corrected chi connectivity index (χ4v) is 2.52. The molecule has 0 atom stereocenters. The number of hydrogen-bond acceptors (Lipinski definition) is 4. The molecule has 0 aliphatic carbocycles. The van der Waals surface area contributed by atoms with E-state index in [2.05, 4.69) is 10.3 Å². The number of ether oxygens (including phenoxy) is 2. The summed E-state index contributed by atoms with van der Waals surface area (Å²) in [5, 5.41) is 3.54. The number of aromatic amines is 1. The minimum Gasteiger partial charge on any atom is -0.497 e. The maximum Gasteiger partial charge on any atom is 0.258 e. The van der Waals surface area contributed by atoms with Gasteiger partial charge in [-0.05, 0) is 43.3 Å². The first-order valence-corrected chi connectivity index (χ1v) is 8.21. The Balaban J connectivity index is 1.63. The number of amides is 1. The van der Waals surface area contributed by atoms with Crippen molar-refractivity contribution >= 4 is 16.8 Å². The Morgan fingerprint density at radius 2 is 1.81 bits per heavy atom. The van der Waals surface area contributed by atoms with Gasteiger partial charge in [0.05, 0.1) is 7.11 Å². The van der Waals surface area contributed by atoms with Crippen molar-refractivity contribution in [3.8, 4) is 11.5 Å². The normalized spacial score (nSPS) is 10.5. The topological polar surface area (TPSA) is 80.4 Å². The molecular weight excluding hydrogens is 332 g/mol. The molecule has 26 heavy (non-hydrogen) atoms. The van der Waals surface area contributed by atoms with Crippen LogP contribution in [0.2, 0.25) is 0 Å². The number of hydrogen-bond donors (Lipinski definition) is 2. The van der Waals surface area contributed by atoms with Crippen LogP contribution < -0.4 is 20.3 Å². The zero-order valence-corrected chi connectivity index (χ0v) is 14.7. The molecule has 1 amide bonds. The number of methoxy groups -OCH3 is 1. The summed E-state index contributed by atoms with van der Waals surface area (Å²) >= 11 is 0. The zero-order valence-electron chi connectivity index (χ0n) is 14.7. The molecular formula is C20H20N2O4. The van der Waals surface area contributed by atoms with E-state index in [9.17, 15) is 9.59 Å². The van der Waals surface area contributed by atoms with Crippen LogP contribution in [-0.4, -0.2) is 24.6 Å². The van der Waals surface area contributed by atoms with Gasteiger partial charge in [0.2, 0.25) is 0 Å². The summed E-state index contributed by atoms with van der Waals surface area (Å²) in [7, 11) is 1.59. The largest absolute Gasteiger partial charge is 0.497 e. The summed E-state index contributed by atoms with van der Waals surface area (Å²) in [6.07, 6.45) is 0. The number of pyridine rings is 1. The van der Waals surface area contributed by atoms with E-state index in [1.807, 2.05) is 37.3 Å². The van der Waals surface area contributed by atoms with Crippen LogP contribution in [0.3, 0.4) is 0 Å². The maximum atomic E-state index is 12.1. The van der Waals surface area contributed by atoms with Gasteiger partial charge in [0.25, 0.3) is 11.5 Å². The van der Waals surface area contributed by atoms with Gasteiger partial charge < -0.3 is 19.8 Å². The van der Waals surface area contributed by atoms with Gasteiger partial charge in [0, 0.05) is 23.0 Å². The number of H-pyrrole nitrogens is 1. The summed E-state index contributed by atoms with van der Waals surface area (Å²) in [6.45, 7) is 1.99. The molecule has 0 fully saturated rings. The van der Waals surface area contributed by atoms with Gasteiger partial charge in [-0.3, -0.25) is 9.59 Å². The Morgan fingerprint density at radius 3 is 2.54 bits per heavy atom. The Labute approximate surface area is 150 Å². The van der Waals surface area contributed by atoms with Crippen molar-refractivity contribution in [3.63, 3.8) is 0 Å². The van der Waals surface area contributed by atoms with E-state index in [1.165, 1.54) is 0 Å². The van der Waals surface area contributed by atoms with E-state index in [4.69, 9.17) is 9.47 Å². The SMILES string of the molecule is COc1ccc2[nH]c(=O)c(CNC(=O)COc3ccc(C)cc3)cc2c1. The molecule has 3 aromatic rings. The van der Waals surface area contributed by atoms with Crippen molar-refractivity contribution < 1.29 is 14.3 Å². The highest BCUT2D eigenvalue weighted by Crippen LogP contribution is 2.18. The van der Waals surface area contributed by atoms with Crippen LogP contribution in [0.25, 0.3) is 10.9 Å². The summed E-state index contributed by atoms with van der Waals surface area (Å²) < 4.78 is 10.6. The van der Waals surface area contributed by atoms with Crippen LogP contribution in [0.1, 0.15) is 11.1 Å². The van der Waals surface area contributed by atoms with Crippen LogP contribution in [0.5, 0.6) is 11.5 Å². The molecule has 0 saturated heterocycles. The lowest BCUT2D eigenvalue weighted by Gasteiger charge is -2.08. The number of fused-ring (bicyclic) bond motifs is 1. The Hall–Kier alpha value is -3.28. The van der Waals surface area contributed by atoms with Gasteiger partial charge >= 0.3 is 0 Å². The van der Waals surface area contributed by atoms with Crippen molar-refractivity contribution in [3.05, 3.63) is 70.0 Å². The maximum absolute atomic E-state index is 12.1. The summed E-state index contributed by atoms with van der Waals surface area (Å²) in [5.74, 6) is 1.03. The van der Waals surface area contributed by atoms with Crippen molar-refractivity contribution in [1.82, 2.24) is 10.3 Å². The molecule has 0 spiro atoms. The average molecular weight is 352 g/mol. The molecule has 0 aliphatic heterocycles. The number of carbonyl (C=O) groups is 1. The smallest absolute Gasteiger partial charge is 0.258 e. The van der Waals surface area contributed by atoms with E-state index in [0.29, 0.717) is 22.6 Å². The van der Waals surface area contributed by atoms with Crippen molar-refractivity contribution in [2.24, 2.45) is 0 Å². The van der Waals surface area contributed by atoms with Crippen LogP contribution in [0.15, 0.2) is 53.3 Å². The first-order valence-electron chi connectivity index (χ1n) is 8.21. The minimum absolute atomic E-state index is 0.109. The standard InChI is InChI=1S/C20H20N2O4/c1-13-3-5-16(6-4-13)26-12-19(23)21-11-15-9-14-10-17(25-2)7-8-18(14)22-20(15)24/h3-10H,11-12H2,1-2H3,(H,21,23)(H,22,24). The quantitative estimate of drug-likeness (QED) is 0.714. The lowest BCUT2D eigenvalue weighted by atomic mass is 10.1. The number of benzene rings is 2. The average Bonchev–Trinajstić information content (AvgIpc) is 2.65. The fourth-order valence-electron chi connectivity index (χ4n) is 2.52. The summed E-state index contributed by atoms with van der Waals surface area (Å²) in [4.78, 5) is 26.9. The zero-order chi connectivity index (χ0) is 18.5. The van der Waals surface area contributed by atoms with Crippen LogP contribution in [-0.2, 0) is 11.3 Å². The fraction of sp³-hybridized carbons (Fsp3) is 0.200. The van der Waals surface area contributed by atoms with Crippen molar-refractivity contribution in [1.29, 1.82) is 0 Å². The highest BCUT2D eigenvalue weighted by atomic mass is 16.5. The molecule has 6 heteroatoms. The monoisotopic (exact) mass is 352 g/mol. The minimum atomic E-state index is -0.296. The lowest BCUT2D eigenvalue weighted by Crippen LogP contribution is -2.30. The second-order valence-corrected chi connectivity index (χ2v) is 5.96. The number of aromatic nitrogens is 1. The van der Waals surface area contributed by atoms with Crippen LogP contribution in [0.4, 0.5) is 0 Å². The number of nitrogens with one attached hydrogen (secondary N) is 2. The molecule has 134 valence electrons. The van der Waals surface area contributed by atoms with E-state index >= 15 is 0 Å². The second kappa shape index (κ2) is 7.74. The molecule has 0 unspecified atom stereocenters. The Morgan fingerprint density at radius 1 is 1.08 bits per heavy atom. The second-order valence-electron chi connectivity index (χ2n) is 5.96. The van der Waals surface area contributed by atoms with Gasteiger partial charge in [-0.15, -0.1) is 0 Å². The highest BCUT2D eigenvalue weighted by molar-refractivity contribution is 5.81. The van der Waals surface area contributed by atoms with Gasteiger partial charge in [-0.2, -0.15) is 0 Å². The predicted molar refractivity (Wildman–Crippen MR) is 99.6 cm³/mol. The third-order valence-electron chi connectivity index (χ3n) is 4.00. The van der Waals surface area contributed by atoms with Gasteiger partial charge in [-0.1, -0.05) is 17.7 Å². The Kier molecular flexibility index (Phi) is 5.22. The third kappa shape index (κ3) is 4.22. The molecule has 0 bridgehead atoms. The van der Waals surface area contributed by atoms with Gasteiger partial charge in [0.1, 0.15) is 11.5 Å². The molecule has 0 radical (unpaired) electrons. The molecule has 6 nitrogen and oxygen atoms in total. The Bertz CT molecular complexity index is 977. The number of rotatable bonds is 6. The molecule has 2 aromatic carbocycles.